The first-order valence-corrected chi connectivity index (χ1v) is 8.73. The van der Waals surface area contributed by atoms with Crippen molar-refractivity contribution >= 4 is 5.91 Å². The van der Waals surface area contributed by atoms with Gasteiger partial charge in [-0.15, -0.1) is 0 Å². The maximum atomic E-state index is 12.9. The first-order valence-electron chi connectivity index (χ1n) is 8.73. The van der Waals surface area contributed by atoms with Crippen molar-refractivity contribution in [2.45, 2.75) is 41.2 Å². The summed E-state index contributed by atoms with van der Waals surface area (Å²) in [4.78, 5) is 14.7. The number of aryl methyl sites for hydroxylation is 3. The van der Waals surface area contributed by atoms with Crippen LogP contribution in [-0.4, -0.2) is 27.6 Å². The van der Waals surface area contributed by atoms with Crippen LogP contribution in [-0.2, 0) is 6.54 Å². The molecule has 0 bridgehead atoms. The standard InChI is InChI=1S/C21H25N3O2/c1-13-16(4)26-17(5)20(13)21(25)23(6)12-19-14(2)22-24(15(19)3)18-10-8-7-9-11-18/h7-11H,12H2,1-6H3. The molecular formula is C21H25N3O2. The van der Waals surface area contributed by atoms with Gasteiger partial charge in [-0.05, 0) is 46.8 Å². The van der Waals surface area contributed by atoms with Crippen LogP contribution in [0.5, 0.6) is 0 Å². The topological polar surface area (TPSA) is 51.3 Å². The molecule has 3 rings (SSSR count). The van der Waals surface area contributed by atoms with Crippen LogP contribution in [0.2, 0.25) is 0 Å². The number of hydrogen-bond donors (Lipinski definition) is 0. The van der Waals surface area contributed by atoms with Crippen molar-refractivity contribution < 1.29 is 9.21 Å². The van der Waals surface area contributed by atoms with E-state index in [1.807, 2.05) is 76.7 Å². The van der Waals surface area contributed by atoms with E-state index in [0.29, 0.717) is 17.9 Å². The Bertz CT molecular complexity index is 952. The Kier molecular flexibility index (Phi) is 4.72. The summed E-state index contributed by atoms with van der Waals surface area (Å²) in [5.74, 6) is 1.44. The third-order valence-corrected chi connectivity index (χ3v) is 4.96. The van der Waals surface area contributed by atoms with Crippen molar-refractivity contribution in [2.24, 2.45) is 0 Å². The molecule has 136 valence electrons. The number of amides is 1. The van der Waals surface area contributed by atoms with E-state index in [4.69, 9.17) is 4.42 Å². The first-order chi connectivity index (χ1) is 12.3. The number of aromatic nitrogens is 2. The molecule has 5 heteroatoms. The minimum Gasteiger partial charge on any atom is -0.466 e. The molecule has 0 aliphatic carbocycles. The quantitative estimate of drug-likeness (QED) is 0.705. The summed E-state index contributed by atoms with van der Waals surface area (Å²) in [5.41, 5.74) is 5.64. The van der Waals surface area contributed by atoms with Gasteiger partial charge in [0.25, 0.3) is 5.91 Å². The van der Waals surface area contributed by atoms with Gasteiger partial charge in [-0.1, -0.05) is 18.2 Å². The molecule has 0 saturated heterocycles. The van der Waals surface area contributed by atoms with Crippen molar-refractivity contribution in [3.63, 3.8) is 0 Å². The van der Waals surface area contributed by atoms with Gasteiger partial charge in [-0.25, -0.2) is 4.68 Å². The molecule has 26 heavy (non-hydrogen) atoms. The number of carbonyl (C=O) groups excluding carboxylic acids is 1. The van der Waals surface area contributed by atoms with Gasteiger partial charge in [-0.3, -0.25) is 4.79 Å². The van der Waals surface area contributed by atoms with Gasteiger partial charge < -0.3 is 9.32 Å². The van der Waals surface area contributed by atoms with Crippen molar-refractivity contribution in [2.75, 3.05) is 7.05 Å². The van der Waals surface area contributed by atoms with Crippen LogP contribution >= 0.6 is 0 Å². The second-order valence-corrected chi connectivity index (χ2v) is 6.77. The zero-order chi connectivity index (χ0) is 19.0. The molecule has 0 aliphatic heterocycles. The van der Waals surface area contributed by atoms with E-state index in [1.165, 1.54) is 0 Å². The van der Waals surface area contributed by atoms with Crippen LogP contribution in [0, 0.1) is 34.6 Å². The Labute approximate surface area is 154 Å². The van der Waals surface area contributed by atoms with E-state index < -0.39 is 0 Å². The Morgan fingerprint density at radius 3 is 2.31 bits per heavy atom. The third-order valence-electron chi connectivity index (χ3n) is 4.96. The average molecular weight is 351 g/mol. The Balaban J connectivity index is 1.89. The molecule has 5 nitrogen and oxygen atoms in total. The highest BCUT2D eigenvalue weighted by atomic mass is 16.3. The van der Waals surface area contributed by atoms with Crippen molar-refractivity contribution in [3.8, 4) is 5.69 Å². The van der Waals surface area contributed by atoms with Gasteiger partial charge in [-0.2, -0.15) is 5.10 Å². The van der Waals surface area contributed by atoms with Gasteiger partial charge in [0.15, 0.2) is 0 Å². The highest BCUT2D eigenvalue weighted by Crippen LogP contribution is 2.24. The lowest BCUT2D eigenvalue weighted by Crippen LogP contribution is -2.27. The van der Waals surface area contributed by atoms with Gasteiger partial charge in [0, 0.05) is 30.4 Å². The summed E-state index contributed by atoms with van der Waals surface area (Å²) < 4.78 is 7.54. The molecule has 1 aromatic carbocycles. The maximum absolute atomic E-state index is 12.9. The number of nitrogens with zero attached hydrogens (tertiary/aromatic N) is 3. The number of benzene rings is 1. The fourth-order valence-electron chi connectivity index (χ4n) is 3.33. The number of carbonyl (C=O) groups is 1. The first kappa shape index (κ1) is 18.0. The van der Waals surface area contributed by atoms with E-state index in [2.05, 4.69) is 5.10 Å². The lowest BCUT2D eigenvalue weighted by molar-refractivity contribution is 0.0782. The number of rotatable bonds is 4. The average Bonchev–Trinajstić information content (AvgIpc) is 3.04. The van der Waals surface area contributed by atoms with Crippen LogP contribution in [0.15, 0.2) is 34.7 Å². The normalized spacial score (nSPS) is 11.0. The molecule has 0 N–H and O–H groups in total. The maximum Gasteiger partial charge on any atom is 0.257 e. The van der Waals surface area contributed by atoms with Crippen LogP contribution in [0.1, 0.15) is 44.4 Å². The highest BCUT2D eigenvalue weighted by molar-refractivity contribution is 5.96. The van der Waals surface area contributed by atoms with E-state index in [-0.39, 0.29) is 5.91 Å². The summed E-state index contributed by atoms with van der Waals surface area (Å²) in [6, 6.07) is 10.0. The van der Waals surface area contributed by atoms with Crippen LogP contribution in [0.4, 0.5) is 0 Å². The zero-order valence-electron chi connectivity index (χ0n) is 16.3. The molecule has 0 atom stereocenters. The van der Waals surface area contributed by atoms with Crippen LogP contribution in [0.25, 0.3) is 5.69 Å². The number of furan rings is 1. The van der Waals surface area contributed by atoms with Crippen molar-refractivity contribution in [3.05, 3.63) is 69.9 Å². The number of hydrogen-bond acceptors (Lipinski definition) is 3. The summed E-state index contributed by atoms with van der Waals surface area (Å²) in [7, 11) is 1.82. The highest BCUT2D eigenvalue weighted by Gasteiger charge is 2.23. The minimum absolute atomic E-state index is 0.0249. The summed E-state index contributed by atoms with van der Waals surface area (Å²) in [5, 5.41) is 4.66. The van der Waals surface area contributed by atoms with E-state index in [9.17, 15) is 4.79 Å². The van der Waals surface area contributed by atoms with Crippen LogP contribution < -0.4 is 0 Å². The zero-order valence-corrected chi connectivity index (χ0v) is 16.3. The molecule has 3 aromatic rings. The predicted molar refractivity (Wildman–Crippen MR) is 102 cm³/mol. The Morgan fingerprint density at radius 1 is 1.08 bits per heavy atom. The number of para-hydroxylation sites is 1. The summed E-state index contributed by atoms with van der Waals surface area (Å²) in [6.07, 6.45) is 0. The fraction of sp³-hybridized carbons (Fsp3) is 0.333. The third kappa shape index (κ3) is 3.05. The molecule has 2 aromatic heterocycles. The minimum atomic E-state index is -0.0249. The van der Waals surface area contributed by atoms with Crippen LogP contribution in [0.3, 0.4) is 0 Å². The van der Waals surface area contributed by atoms with E-state index in [1.54, 1.807) is 4.90 Å². The molecule has 0 spiro atoms. The molecule has 0 fully saturated rings. The van der Waals surface area contributed by atoms with Gasteiger partial charge >= 0.3 is 0 Å². The SMILES string of the molecule is Cc1nn(-c2ccccc2)c(C)c1CN(C)C(=O)c1c(C)oc(C)c1C. The smallest absolute Gasteiger partial charge is 0.257 e. The second kappa shape index (κ2) is 6.83. The Morgan fingerprint density at radius 2 is 1.73 bits per heavy atom. The predicted octanol–water partition coefficient (Wildman–Crippen LogP) is 4.28. The van der Waals surface area contributed by atoms with E-state index in [0.717, 1.165) is 34.0 Å². The largest absolute Gasteiger partial charge is 0.466 e. The van der Waals surface area contributed by atoms with Crippen molar-refractivity contribution in [1.29, 1.82) is 0 Å². The van der Waals surface area contributed by atoms with Crippen molar-refractivity contribution in [1.82, 2.24) is 14.7 Å². The molecular weight excluding hydrogens is 326 g/mol. The summed E-state index contributed by atoms with van der Waals surface area (Å²) >= 11 is 0. The second-order valence-electron chi connectivity index (χ2n) is 6.77. The molecule has 0 unspecified atom stereocenters. The molecule has 0 radical (unpaired) electrons. The fourth-order valence-corrected chi connectivity index (χ4v) is 3.33. The molecule has 1 amide bonds. The Hall–Kier alpha value is -2.82. The van der Waals surface area contributed by atoms with Gasteiger partial charge in [0.1, 0.15) is 11.5 Å². The monoisotopic (exact) mass is 351 g/mol. The summed E-state index contributed by atoms with van der Waals surface area (Å²) in [6.45, 7) is 10.2. The lowest BCUT2D eigenvalue weighted by atomic mass is 10.1. The molecule has 0 aliphatic rings. The van der Waals surface area contributed by atoms with Gasteiger partial charge in [0.05, 0.1) is 16.9 Å². The van der Waals surface area contributed by atoms with Gasteiger partial charge in [0.2, 0.25) is 0 Å². The van der Waals surface area contributed by atoms with E-state index >= 15 is 0 Å². The molecule has 0 saturated carbocycles. The molecule has 2 heterocycles. The lowest BCUT2D eigenvalue weighted by Gasteiger charge is -2.18.